The van der Waals surface area contributed by atoms with E-state index in [2.05, 4.69) is 15.5 Å². The first-order valence-electron chi connectivity index (χ1n) is 8.49. The maximum absolute atomic E-state index is 12.2. The maximum atomic E-state index is 12.2. The molecule has 0 spiro atoms. The van der Waals surface area contributed by atoms with Gasteiger partial charge in [-0.25, -0.2) is 0 Å². The van der Waals surface area contributed by atoms with E-state index in [4.69, 9.17) is 23.2 Å². The molecule has 9 heteroatoms. The van der Waals surface area contributed by atoms with Gasteiger partial charge in [0.1, 0.15) is 0 Å². The molecule has 4 rings (SSSR count). The molecule has 1 aromatic heterocycles. The van der Waals surface area contributed by atoms with Crippen LogP contribution in [-0.2, 0) is 9.59 Å². The van der Waals surface area contributed by atoms with Crippen LogP contribution in [0.3, 0.4) is 0 Å². The highest BCUT2D eigenvalue weighted by Gasteiger charge is 2.30. The van der Waals surface area contributed by atoms with Gasteiger partial charge in [0, 0.05) is 27.7 Å². The van der Waals surface area contributed by atoms with E-state index in [0.717, 1.165) is 11.3 Å². The summed E-state index contributed by atoms with van der Waals surface area (Å²) in [5.74, 6) is 0.0663. The second kappa shape index (κ2) is 7.95. The summed E-state index contributed by atoms with van der Waals surface area (Å²) < 4.78 is 1.87. The fourth-order valence-electron chi connectivity index (χ4n) is 2.87. The molecule has 28 heavy (non-hydrogen) atoms. The minimum atomic E-state index is -0.411. The van der Waals surface area contributed by atoms with Crippen LogP contribution < -0.4 is 5.32 Å². The molecule has 1 aliphatic heterocycles. The molecule has 3 aromatic rings. The molecule has 1 saturated heterocycles. The van der Waals surface area contributed by atoms with Gasteiger partial charge in [0.05, 0.1) is 5.25 Å². The Morgan fingerprint density at radius 1 is 0.964 bits per heavy atom. The summed E-state index contributed by atoms with van der Waals surface area (Å²) in [6.07, 6.45) is 0.765. The van der Waals surface area contributed by atoms with E-state index in [1.165, 1.54) is 11.8 Å². The smallest absolute Gasteiger partial charge is 0.240 e. The molecule has 0 unspecified atom stereocenters. The van der Waals surface area contributed by atoms with Gasteiger partial charge >= 0.3 is 0 Å². The van der Waals surface area contributed by atoms with Crippen LogP contribution in [0.4, 0.5) is 0 Å². The van der Waals surface area contributed by atoms with Gasteiger partial charge in [-0.15, -0.1) is 10.2 Å². The number of thioether (sulfide) groups is 1. The van der Waals surface area contributed by atoms with Crippen molar-refractivity contribution in [1.82, 2.24) is 20.1 Å². The predicted octanol–water partition coefficient (Wildman–Crippen LogP) is 4.14. The van der Waals surface area contributed by atoms with E-state index < -0.39 is 5.25 Å². The Hall–Kier alpha value is -2.35. The minimum absolute atomic E-state index is 0.247. The third-order valence-corrected chi connectivity index (χ3v) is 5.97. The fraction of sp³-hybridized carbons (Fsp3) is 0.158. The Kier molecular flexibility index (Phi) is 5.39. The fourth-order valence-corrected chi connectivity index (χ4v) is 4.16. The quantitative estimate of drug-likeness (QED) is 0.626. The van der Waals surface area contributed by atoms with Crippen LogP contribution in [-0.4, -0.2) is 31.8 Å². The molecule has 1 fully saturated rings. The summed E-state index contributed by atoms with van der Waals surface area (Å²) in [4.78, 5) is 23.6. The third kappa shape index (κ3) is 3.92. The first-order chi connectivity index (χ1) is 13.5. The number of amides is 2. The Morgan fingerprint density at radius 3 is 2.25 bits per heavy atom. The Bertz CT molecular complexity index is 1040. The van der Waals surface area contributed by atoms with Crippen LogP contribution in [0.5, 0.6) is 0 Å². The standard InChI is InChI=1S/C19H14Cl2N4O2S/c20-12-3-1-11(2-4-12)17-23-24-19(25(17)14-7-5-13(21)6-8-14)28-15-9-10-16(26)22-18(15)27/h1-8,15H,9-10H2,(H,22,26,27)/t15-/m0/s1. The predicted molar refractivity (Wildman–Crippen MR) is 109 cm³/mol. The van der Waals surface area contributed by atoms with Crippen molar-refractivity contribution >= 4 is 46.8 Å². The molecule has 0 aliphatic carbocycles. The van der Waals surface area contributed by atoms with E-state index in [-0.39, 0.29) is 11.8 Å². The van der Waals surface area contributed by atoms with Gasteiger partial charge in [-0.05, 0) is 55.0 Å². The van der Waals surface area contributed by atoms with Crippen LogP contribution in [0, 0.1) is 0 Å². The van der Waals surface area contributed by atoms with E-state index in [9.17, 15) is 9.59 Å². The van der Waals surface area contributed by atoms with E-state index in [0.29, 0.717) is 33.9 Å². The van der Waals surface area contributed by atoms with Gasteiger partial charge in [0.25, 0.3) is 0 Å². The van der Waals surface area contributed by atoms with Crippen molar-refractivity contribution in [3.8, 4) is 17.1 Å². The summed E-state index contributed by atoms with van der Waals surface area (Å²) in [5.41, 5.74) is 1.65. The molecule has 6 nitrogen and oxygen atoms in total. The number of nitrogens with one attached hydrogen (secondary N) is 1. The lowest BCUT2D eigenvalue weighted by Crippen LogP contribution is -2.42. The lowest BCUT2D eigenvalue weighted by atomic mass is 10.1. The summed E-state index contributed by atoms with van der Waals surface area (Å²) in [6, 6.07) is 14.6. The average molecular weight is 433 g/mol. The number of hydrogen-bond acceptors (Lipinski definition) is 5. The summed E-state index contributed by atoms with van der Waals surface area (Å²) in [7, 11) is 0. The second-order valence-corrected chi connectivity index (χ2v) is 8.23. The summed E-state index contributed by atoms with van der Waals surface area (Å²) in [5, 5.41) is 12.4. The molecule has 2 amide bonds. The Balaban J connectivity index is 1.76. The zero-order valence-corrected chi connectivity index (χ0v) is 16.8. The van der Waals surface area contributed by atoms with Gasteiger partial charge in [0.15, 0.2) is 11.0 Å². The number of carbonyl (C=O) groups excluding carboxylic acids is 2. The highest BCUT2D eigenvalue weighted by Crippen LogP contribution is 2.33. The van der Waals surface area contributed by atoms with Crippen LogP contribution in [0.25, 0.3) is 17.1 Å². The summed E-state index contributed by atoms with van der Waals surface area (Å²) >= 11 is 13.3. The molecule has 142 valence electrons. The second-order valence-electron chi connectivity index (χ2n) is 6.18. The van der Waals surface area contributed by atoms with Gasteiger partial charge in [-0.1, -0.05) is 35.0 Å². The van der Waals surface area contributed by atoms with Gasteiger partial charge < -0.3 is 0 Å². The normalized spacial score (nSPS) is 16.9. The molecule has 2 aromatic carbocycles. The van der Waals surface area contributed by atoms with Crippen molar-refractivity contribution in [2.24, 2.45) is 0 Å². The third-order valence-electron chi connectivity index (χ3n) is 4.26. The number of piperidine rings is 1. The highest BCUT2D eigenvalue weighted by molar-refractivity contribution is 8.00. The first-order valence-corrected chi connectivity index (χ1v) is 10.1. The Labute approximate surface area is 175 Å². The largest absolute Gasteiger partial charge is 0.295 e. The van der Waals surface area contributed by atoms with Gasteiger partial charge in [0.2, 0.25) is 11.8 Å². The van der Waals surface area contributed by atoms with Gasteiger partial charge in [-0.2, -0.15) is 0 Å². The monoisotopic (exact) mass is 432 g/mol. The minimum Gasteiger partial charge on any atom is -0.295 e. The van der Waals surface area contributed by atoms with Crippen molar-refractivity contribution in [3.05, 3.63) is 58.6 Å². The Morgan fingerprint density at radius 2 is 1.61 bits per heavy atom. The van der Waals surface area contributed by atoms with Crippen molar-refractivity contribution in [3.63, 3.8) is 0 Å². The zero-order chi connectivity index (χ0) is 19.7. The molecule has 0 bridgehead atoms. The van der Waals surface area contributed by atoms with Crippen LogP contribution in [0.15, 0.2) is 53.7 Å². The van der Waals surface area contributed by atoms with Gasteiger partial charge in [-0.3, -0.25) is 19.5 Å². The van der Waals surface area contributed by atoms with Crippen molar-refractivity contribution in [2.75, 3.05) is 0 Å². The molecule has 0 saturated carbocycles. The molecular formula is C19H14Cl2N4O2S. The summed E-state index contributed by atoms with van der Waals surface area (Å²) in [6.45, 7) is 0. The van der Waals surface area contributed by atoms with Crippen LogP contribution >= 0.6 is 35.0 Å². The average Bonchev–Trinajstić information content (AvgIpc) is 3.09. The number of rotatable bonds is 4. The van der Waals surface area contributed by atoms with Crippen molar-refractivity contribution < 1.29 is 9.59 Å². The number of imide groups is 1. The number of hydrogen-bond donors (Lipinski definition) is 1. The van der Waals surface area contributed by atoms with E-state index in [1.54, 1.807) is 24.3 Å². The topological polar surface area (TPSA) is 76.9 Å². The molecular weight excluding hydrogens is 419 g/mol. The number of nitrogens with zero attached hydrogens (tertiary/aromatic N) is 3. The maximum Gasteiger partial charge on any atom is 0.240 e. The number of carbonyl (C=O) groups is 2. The van der Waals surface area contributed by atoms with E-state index >= 15 is 0 Å². The lowest BCUT2D eigenvalue weighted by molar-refractivity contribution is -0.132. The van der Waals surface area contributed by atoms with Crippen molar-refractivity contribution in [2.45, 2.75) is 23.2 Å². The SMILES string of the molecule is O=C1CC[C@H](Sc2nnc(-c3ccc(Cl)cc3)n2-c2ccc(Cl)cc2)C(=O)N1. The zero-order valence-electron chi connectivity index (χ0n) is 14.4. The van der Waals surface area contributed by atoms with Crippen LogP contribution in [0.2, 0.25) is 10.0 Å². The molecule has 0 radical (unpaired) electrons. The number of aromatic nitrogens is 3. The number of benzene rings is 2. The van der Waals surface area contributed by atoms with Crippen molar-refractivity contribution in [1.29, 1.82) is 0 Å². The molecule has 2 heterocycles. The van der Waals surface area contributed by atoms with Crippen LogP contribution in [0.1, 0.15) is 12.8 Å². The highest BCUT2D eigenvalue weighted by atomic mass is 35.5. The molecule has 1 N–H and O–H groups in total. The molecule has 1 aliphatic rings. The lowest BCUT2D eigenvalue weighted by Gasteiger charge is -2.20. The number of halogens is 2. The molecule has 1 atom stereocenters. The first kappa shape index (κ1) is 19.0. The van der Waals surface area contributed by atoms with E-state index in [1.807, 2.05) is 28.8 Å².